The first-order valence-corrected chi connectivity index (χ1v) is 6.97. The molecular weight excluding hydrogens is 298 g/mol. The minimum absolute atomic E-state index is 0.312. The lowest BCUT2D eigenvalue weighted by molar-refractivity contribution is -0.112. The third-order valence-corrected chi connectivity index (χ3v) is 3.60. The van der Waals surface area contributed by atoms with E-state index in [1.807, 2.05) is 0 Å². The third kappa shape index (κ3) is 3.18. The Labute approximate surface area is 134 Å². The van der Waals surface area contributed by atoms with Crippen LogP contribution in [0.15, 0.2) is 18.2 Å². The molecule has 0 atom stereocenters. The van der Waals surface area contributed by atoms with E-state index in [1.54, 1.807) is 43.8 Å². The van der Waals surface area contributed by atoms with Crippen molar-refractivity contribution in [3.8, 4) is 11.5 Å². The maximum atomic E-state index is 12.4. The molecule has 1 N–H and O–H groups in total. The minimum atomic E-state index is -0.754. The maximum absolute atomic E-state index is 12.4. The predicted molar refractivity (Wildman–Crippen MR) is 85.2 cm³/mol. The highest BCUT2D eigenvalue weighted by Gasteiger charge is 2.24. The number of nitrogens with one attached hydrogen (secondary N) is 1. The quantitative estimate of drug-likeness (QED) is 0.672. The molecule has 0 fully saturated rings. The number of benzene rings is 1. The molecule has 0 bridgehead atoms. The smallest absolute Gasteiger partial charge is 0.297 e. The predicted octanol–water partition coefficient (Wildman–Crippen LogP) is 1.88. The van der Waals surface area contributed by atoms with Crippen LogP contribution in [0.3, 0.4) is 0 Å². The maximum Gasteiger partial charge on any atom is 0.297 e. The summed E-state index contributed by atoms with van der Waals surface area (Å²) in [5.74, 6) is -0.414. The van der Waals surface area contributed by atoms with E-state index < -0.39 is 11.7 Å². The standard InChI is InChI=1S/C16H19N3O4/c1-9-14(10(2)19(3)18-9)15(20)16(21)17-12-8-11(22-4)6-7-13(12)23-5/h6-8H,1-5H3,(H,17,21). The van der Waals surface area contributed by atoms with Gasteiger partial charge in [0, 0.05) is 18.8 Å². The second-order valence-corrected chi connectivity index (χ2v) is 5.02. The number of ether oxygens (including phenoxy) is 2. The first-order valence-electron chi connectivity index (χ1n) is 6.97. The molecule has 0 saturated carbocycles. The number of methoxy groups -OCH3 is 2. The van der Waals surface area contributed by atoms with Crippen molar-refractivity contribution in [2.45, 2.75) is 13.8 Å². The van der Waals surface area contributed by atoms with Gasteiger partial charge in [-0.15, -0.1) is 0 Å². The van der Waals surface area contributed by atoms with Crippen molar-refractivity contribution in [3.63, 3.8) is 0 Å². The SMILES string of the molecule is COc1ccc(OC)c(NC(=O)C(=O)c2c(C)nn(C)c2C)c1. The summed E-state index contributed by atoms with van der Waals surface area (Å²) in [6.45, 7) is 3.44. The van der Waals surface area contributed by atoms with Crippen molar-refractivity contribution < 1.29 is 19.1 Å². The number of carbonyl (C=O) groups is 2. The van der Waals surface area contributed by atoms with E-state index in [-0.39, 0.29) is 0 Å². The van der Waals surface area contributed by atoms with Gasteiger partial charge >= 0.3 is 0 Å². The van der Waals surface area contributed by atoms with Gasteiger partial charge in [0.25, 0.3) is 11.7 Å². The average molecular weight is 317 g/mol. The fourth-order valence-electron chi connectivity index (χ4n) is 2.31. The highest BCUT2D eigenvalue weighted by Crippen LogP contribution is 2.29. The molecule has 2 rings (SSSR count). The summed E-state index contributed by atoms with van der Waals surface area (Å²) < 4.78 is 11.9. The molecular formula is C16H19N3O4. The van der Waals surface area contributed by atoms with Crippen LogP contribution in [0.5, 0.6) is 11.5 Å². The molecule has 7 heteroatoms. The number of amides is 1. The topological polar surface area (TPSA) is 82.4 Å². The summed E-state index contributed by atoms with van der Waals surface area (Å²) in [4.78, 5) is 24.7. The van der Waals surface area contributed by atoms with Crippen molar-refractivity contribution in [3.05, 3.63) is 35.2 Å². The second-order valence-electron chi connectivity index (χ2n) is 5.02. The molecule has 1 heterocycles. The second kappa shape index (κ2) is 6.51. The molecule has 0 radical (unpaired) electrons. The van der Waals surface area contributed by atoms with Gasteiger partial charge in [-0.25, -0.2) is 0 Å². The lowest BCUT2D eigenvalue weighted by atomic mass is 10.1. The molecule has 122 valence electrons. The zero-order valence-corrected chi connectivity index (χ0v) is 13.8. The average Bonchev–Trinajstić information content (AvgIpc) is 2.79. The Morgan fingerprint density at radius 3 is 2.39 bits per heavy atom. The van der Waals surface area contributed by atoms with Crippen LogP contribution in [-0.2, 0) is 11.8 Å². The van der Waals surface area contributed by atoms with E-state index in [2.05, 4.69) is 10.4 Å². The summed E-state index contributed by atoms with van der Waals surface area (Å²) >= 11 is 0. The third-order valence-electron chi connectivity index (χ3n) is 3.60. The zero-order chi connectivity index (χ0) is 17.1. The number of ketones is 1. The van der Waals surface area contributed by atoms with E-state index in [4.69, 9.17) is 9.47 Å². The summed E-state index contributed by atoms with van der Waals surface area (Å²) in [6.07, 6.45) is 0. The van der Waals surface area contributed by atoms with Crippen molar-refractivity contribution in [2.75, 3.05) is 19.5 Å². The summed E-state index contributed by atoms with van der Waals surface area (Å²) in [5.41, 5.74) is 1.83. The molecule has 0 saturated heterocycles. The summed E-state index contributed by atoms with van der Waals surface area (Å²) in [5, 5.41) is 6.72. The number of hydrogen-bond donors (Lipinski definition) is 1. The Morgan fingerprint density at radius 2 is 1.87 bits per heavy atom. The number of hydrogen-bond acceptors (Lipinski definition) is 5. The van der Waals surface area contributed by atoms with Crippen LogP contribution in [0, 0.1) is 13.8 Å². The number of aryl methyl sites for hydroxylation is 2. The molecule has 1 aromatic heterocycles. The van der Waals surface area contributed by atoms with Gasteiger partial charge < -0.3 is 14.8 Å². The van der Waals surface area contributed by atoms with E-state index in [0.717, 1.165) is 0 Å². The number of carbonyl (C=O) groups excluding carboxylic acids is 2. The van der Waals surface area contributed by atoms with Gasteiger partial charge in [-0.1, -0.05) is 0 Å². The normalized spacial score (nSPS) is 10.3. The van der Waals surface area contributed by atoms with Crippen molar-refractivity contribution >= 4 is 17.4 Å². The lowest BCUT2D eigenvalue weighted by Crippen LogP contribution is -2.24. The first kappa shape index (κ1) is 16.5. The Morgan fingerprint density at radius 1 is 1.17 bits per heavy atom. The van der Waals surface area contributed by atoms with Crippen LogP contribution in [0.25, 0.3) is 0 Å². The van der Waals surface area contributed by atoms with Crippen molar-refractivity contribution in [1.29, 1.82) is 0 Å². The molecule has 0 aliphatic rings. The van der Waals surface area contributed by atoms with Gasteiger partial charge in [0.15, 0.2) is 0 Å². The largest absolute Gasteiger partial charge is 0.497 e. The Balaban J connectivity index is 2.30. The number of Topliss-reactive ketones (excluding diaryl/α,β-unsaturated/α-hetero) is 1. The number of anilines is 1. The van der Waals surface area contributed by atoms with Crippen molar-refractivity contribution in [1.82, 2.24) is 9.78 Å². The zero-order valence-electron chi connectivity index (χ0n) is 13.8. The van der Waals surface area contributed by atoms with Gasteiger partial charge in [-0.3, -0.25) is 14.3 Å². The van der Waals surface area contributed by atoms with Gasteiger partial charge in [0.2, 0.25) is 0 Å². The minimum Gasteiger partial charge on any atom is -0.497 e. The number of aromatic nitrogens is 2. The monoisotopic (exact) mass is 317 g/mol. The van der Waals surface area contributed by atoms with Crippen LogP contribution < -0.4 is 14.8 Å². The molecule has 2 aromatic rings. The molecule has 0 aliphatic heterocycles. The van der Waals surface area contributed by atoms with E-state index in [1.165, 1.54) is 14.2 Å². The lowest BCUT2D eigenvalue weighted by Gasteiger charge is -2.11. The highest BCUT2D eigenvalue weighted by atomic mass is 16.5. The van der Waals surface area contributed by atoms with E-state index >= 15 is 0 Å². The van der Waals surface area contributed by atoms with Crippen LogP contribution in [0.2, 0.25) is 0 Å². The van der Waals surface area contributed by atoms with Crippen LogP contribution in [0.1, 0.15) is 21.7 Å². The van der Waals surface area contributed by atoms with Crippen molar-refractivity contribution in [2.24, 2.45) is 7.05 Å². The Bertz CT molecular complexity index is 765. The van der Waals surface area contributed by atoms with Gasteiger partial charge in [-0.05, 0) is 26.0 Å². The molecule has 0 unspecified atom stereocenters. The Hall–Kier alpha value is -2.83. The van der Waals surface area contributed by atoms with Gasteiger partial charge in [0.1, 0.15) is 11.5 Å². The van der Waals surface area contributed by atoms with Crippen LogP contribution >= 0.6 is 0 Å². The fraction of sp³-hybridized carbons (Fsp3) is 0.312. The molecule has 7 nitrogen and oxygen atoms in total. The number of rotatable bonds is 5. The van der Waals surface area contributed by atoms with Gasteiger partial charge in [-0.2, -0.15) is 5.10 Å². The first-order chi connectivity index (χ1) is 10.9. The summed E-state index contributed by atoms with van der Waals surface area (Å²) in [6, 6.07) is 4.94. The molecule has 1 aromatic carbocycles. The molecule has 1 amide bonds. The molecule has 23 heavy (non-hydrogen) atoms. The molecule has 0 aliphatic carbocycles. The highest BCUT2D eigenvalue weighted by molar-refractivity contribution is 6.47. The summed E-state index contributed by atoms with van der Waals surface area (Å²) in [7, 11) is 4.72. The fourth-order valence-corrected chi connectivity index (χ4v) is 2.31. The molecule has 0 spiro atoms. The number of nitrogens with zero attached hydrogens (tertiary/aromatic N) is 2. The van der Waals surface area contributed by atoms with E-state index in [0.29, 0.717) is 34.1 Å². The Kier molecular flexibility index (Phi) is 4.68. The van der Waals surface area contributed by atoms with E-state index in [9.17, 15) is 9.59 Å². The van der Waals surface area contributed by atoms with Gasteiger partial charge in [0.05, 0.1) is 31.2 Å². The van der Waals surface area contributed by atoms with Crippen LogP contribution in [0.4, 0.5) is 5.69 Å². The van der Waals surface area contributed by atoms with Crippen LogP contribution in [-0.4, -0.2) is 35.7 Å².